The van der Waals surface area contributed by atoms with Gasteiger partial charge in [-0.25, -0.2) is 13.4 Å². The summed E-state index contributed by atoms with van der Waals surface area (Å²) in [4.78, 5) is 18.0. The summed E-state index contributed by atoms with van der Waals surface area (Å²) in [7, 11) is -3.68. The van der Waals surface area contributed by atoms with E-state index in [1.54, 1.807) is 0 Å². The van der Waals surface area contributed by atoms with Crippen LogP contribution in [0.4, 0.5) is 0 Å². The van der Waals surface area contributed by atoms with E-state index in [-0.39, 0.29) is 23.3 Å². The number of carbonyl (C=O) groups is 1. The first-order chi connectivity index (χ1) is 15.9. The molecule has 0 bridgehead atoms. The number of benzene rings is 3. The fraction of sp³-hybridized carbons (Fsp3) is 0.185. The fourth-order valence-electron chi connectivity index (χ4n) is 4.14. The average Bonchev–Trinajstić information content (AvgIpc) is 2.82. The Labute approximate surface area is 194 Å². The number of hydrogen-bond acceptors (Lipinski definition) is 4. The fourth-order valence-corrected chi connectivity index (χ4v) is 5.29. The summed E-state index contributed by atoms with van der Waals surface area (Å²) in [6.45, 7) is 2.01. The van der Waals surface area contributed by atoms with Crippen LogP contribution in [0, 0.1) is 0 Å². The van der Waals surface area contributed by atoms with E-state index < -0.39 is 9.84 Å². The highest BCUT2D eigenvalue weighted by atomic mass is 32.2. The molecule has 0 radical (unpaired) electrons. The van der Waals surface area contributed by atoms with Gasteiger partial charge in [-0.05, 0) is 23.6 Å². The van der Waals surface area contributed by atoms with Crippen LogP contribution in [0.2, 0.25) is 0 Å². The zero-order valence-corrected chi connectivity index (χ0v) is 19.5. The van der Waals surface area contributed by atoms with Crippen molar-refractivity contribution in [3.05, 3.63) is 96.1 Å². The molecule has 0 aliphatic rings. The maximum Gasteiger partial charge on any atom is 0.224 e. The molecule has 3 aromatic carbocycles. The van der Waals surface area contributed by atoms with E-state index in [2.05, 4.69) is 5.32 Å². The van der Waals surface area contributed by atoms with E-state index in [1.165, 1.54) is 6.26 Å². The minimum Gasteiger partial charge on any atom is -0.349 e. The third kappa shape index (κ3) is 4.96. The predicted molar refractivity (Wildman–Crippen MR) is 132 cm³/mol. The second-order valence-electron chi connectivity index (χ2n) is 8.04. The second kappa shape index (κ2) is 9.55. The quantitative estimate of drug-likeness (QED) is 0.417. The molecule has 1 aromatic heterocycles. The van der Waals surface area contributed by atoms with E-state index in [0.717, 1.165) is 12.0 Å². The molecule has 0 unspecified atom stereocenters. The number of nitrogens with zero attached hydrogens (tertiary/aromatic N) is 1. The van der Waals surface area contributed by atoms with Gasteiger partial charge < -0.3 is 5.32 Å². The van der Waals surface area contributed by atoms with Crippen molar-refractivity contribution in [3.63, 3.8) is 0 Å². The smallest absolute Gasteiger partial charge is 0.224 e. The summed E-state index contributed by atoms with van der Waals surface area (Å²) < 4.78 is 26.0. The lowest BCUT2D eigenvalue weighted by Gasteiger charge is -2.20. The number of sulfone groups is 1. The first-order valence-corrected chi connectivity index (χ1v) is 12.8. The number of nitrogens with one attached hydrogen (secondary N) is 1. The number of hydrogen-bond donors (Lipinski definition) is 1. The molecular formula is C27H26N2O3S. The summed E-state index contributed by atoms with van der Waals surface area (Å²) in [5, 5.41) is 3.75. The highest BCUT2D eigenvalue weighted by Crippen LogP contribution is 2.34. The predicted octanol–water partition coefficient (Wildman–Crippen LogP) is 5.12. The lowest BCUT2D eigenvalue weighted by atomic mass is 10.00. The number of fused-ring (bicyclic) bond motifs is 1. The van der Waals surface area contributed by atoms with Crippen LogP contribution in [0.1, 0.15) is 30.5 Å². The first-order valence-electron chi connectivity index (χ1n) is 10.9. The molecule has 4 aromatic rings. The van der Waals surface area contributed by atoms with Crippen LogP contribution >= 0.6 is 0 Å². The Balaban J connectivity index is 1.83. The van der Waals surface area contributed by atoms with Crippen LogP contribution in [0.15, 0.2) is 89.8 Å². The van der Waals surface area contributed by atoms with Gasteiger partial charge in [0.05, 0.1) is 28.6 Å². The van der Waals surface area contributed by atoms with Crippen molar-refractivity contribution in [3.8, 4) is 11.3 Å². The molecule has 33 heavy (non-hydrogen) atoms. The van der Waals surface area contributed by atoms with Crippen molar-refractivity contribution in [2.75, 3.05) is 6.26 Å². The molecule has 5 nitrogen and oxygen atoms in total. The van der Waals surface area contributed by atoms with E-state index in [9.17, 15) is 13.2 Å². The lowest BCUT2D eigenvalue weighted by Crippen LogP contribution is -2.30. The summed E-state index contributed by atoms with van der Waals surface area (Å²) in [6, 6.07) is 26.2. The van der Waals surface area contributed by atoms with Crippen molar-refractivity contribution in [1.82, 2.24) is 10.3 Å². The minimum atomic E-state index is -3.68. The lowest BCUT2D eigenvalue weighted by molar-refractivity contribution is -0.121. The van der Waals surface area contributed by atoms with Crippen LogP contribution in [0.5, 0.6) is 0 Å². The average molecular weight is 459 g/mol. The van der Waals surface area contributed by atoms with Crippen LogP contribution < -0.4 is 5.32 Å². The minimum absolute atomic E-state index is 0.0609. The van der Waals surface area contributed by atoms with Crippen molar-refractivity contribution >= 4 is 26.6 Å². The number of para-hydroxylation sites is 1. The molecule has 0 fully saturated rings. The van der Waals surface area contributed by atoms with Crippen molar-refractivity contribution < 1.29 is 13.2 Å². The van der Waals surface area contributed by atoms with Gasteiger partial charge in [0.15, 0.2) is 9.84 Å². The molecule has 0 saturated carbocycles. The molecule has 1 N–H and O–H groups in total. The van der Waals surface area contributed by atoms with Gasteiger partial charge in [0, 0.05) is 17.2 Å². The number of carbonyl (C=O) groups excluding carboxylic acids is 1. The van der Waals surface area contributed by atoms with E-state index >= 15 is 0 Å². The van der Waals surface area contributed by atoms with Crippen molar-refractivity contribution in [1.29, 1.82) is 0 Å². The van der Waals surface area contributed by atoms with Crippen LogP contribution in [0.25, 0.3) is 22.2 Å². The Morgan fingerprint density at radius 2 is 1.52 bits per heavy atom. The Kier molecular flexibility index (Phi) is 6.56. The van der Waals surface area contributed by atoms with Gasteiger partial charge in [-0.15, -0.1) is 0 Å². The van der Waals surface area contributed by atoms with Gasteiger partial charge >= 0.3 is 0 Å². The van der Waals surface area contributed by atoms with Crippen molar-refractivity contribution in [2.45, 2.75) is 30.7 Å². The monoisotopic (exact) mass is 458 g/mol. The van der Waals surface area contributed by atoms with Crippen LogP contribution in [-0.2, 0) is 21.1 Å². The highest BCUT2D eigenvalue weighted by molar-refractivity contribution is 7.91. The first kappa shape index (κ1) is 22.7. The zero-order chi connectivity index (χ0) is 23.4. The summed E-state index contributed by atoms with van der Waals surface area (Å²) in [5.41, 5.74) is 3.21. The molecule has 1 heterocycles. The van der Waals surface area contributed by atoms with Gasteiger partial charge in [0.1, 0.15) is 0 Å². The molecule has 0 saturated heterocycles. The van der Waals surface area contributed by atoms with Gasteiger partial charge in [0.2, 0.25) is 5.91 Å². The SMILES string of the molecule is CC[C@H](NC(=O)Cc1c(S(C)(=O)=O)c(-c2ccccc2)nc2ccccc12)c1ccccc1. The Hall–Kier alpha value is -3.51. The van der Waals surface area contributed by atoms with Crippen molar-refractivity contribution in [2.24, 2.45) is 0 Å². The summed E-state index contributed by atoms with van der Waals surface area (Å²) in [6.07, 6.45) is 1.83. The van der Waals surface area contributed by atoms with Gasteiger partial charge in [-0.3, -0.25) is 4.79 Å². The molecular weight excluding hydrogens is 432 g/mol. The van der Waals surface area contributed by atoms with Gasteiger partial charge in [-0.2, -0.15) is 0 Å². The van der Waals surface area contributed by atoms with Gasteiger partial charge in [0.25, 0.3) is 0 Å². The molecule has 0 aliphatic heterocycles. The molecule has 1 atom stereocenters. The topological polar surface area (TPSA) is 76.1 Å². The van der Waals surface area contributed by atoms with E-state index in [4.69, 9.17) is 4.98 Å². The zero-order valence-electron chi connectivity index (χ0n) is 18.7. The molecule has 168 valence electrons. The Morgan fingerprint density at radius 3 is 2.15 bits per heavy atom. The molecule has 1 amide bonds. The molecule has 0 aliphatic carbocycles. The van der Waals surface area contributed by atoms with E-state index in [0.29, 0.717) is 27.7 Å². The normalized spacial score (nSPS) is 12.4. The maximum atomic E-state index is 13.2. The highest BCUT2D eigenvalue weighted by Gasteiger charge is 2.26. The number of pyridine rings is 1. The van der Waals surface area contributed by atoms with Gasteiger partial charge in [-0.1, -0.05) is 85.8 Å². The summed E-state index contributed by atoms with van der Waals surface area (Å²) in [5.74, 6) is -0.231. The Morgan fingerprint density at radius 1 is 0.909 bits per heavy atom. The standard InChI is InChI=1S/C27H26N2O3S/c1-3-23(19-12-6-4-7-13-19)28-25(30)18-22-21-16-10-11-17-24(21)29-26(27(22)33(2,31)32)20-14-8-5-9-15-20/h4-17,23H,3,18H2,1-2H3,(H,28,30)/t23-/m0/s1. The third-order valence-electron chi connectivity index (χ3n) is 5.65. The third-order valence-corrected chi connectivity index (χ3v) is 6.83. The van der Waals surface area contributed by atoms with E-state index in [1.807, 2.05) is 91.9 Å². The molecule has 0 spiro atoms. The summed E-state index contributed by atoms with van der Waals surface area (Å²) >= 11 is 0. The number of amides is 1. The molecule has 6 heteroatoms. The molecule has 4 rings (SSSR count). The maximum absolute atomic E-state index is 13.2. The Bertz CT molecular complexity index is 1390. The number of aromatic nitrogens is 1. The largest absolute Gasteiger partial charge is 0.349 e. The number of rotatable bonds is 7. The second-order valence-corrected chi connectivity index (χ2v) is 9.99. The van der Waals surface area contributed by atoms with Crippen LogP contribution in [-0.4, -0.2) is 25.6 Å². The van der Waals surface area contributed by atoms with Crippen LogP contribution in [0.3, 0.4) is 0 Å².